The van der Waals surface area contributed by atoms with Crippen molar-refractivity contribution in [2.75, 3.05) is 11.9 Å². The zero-order valence-corrected chi connectivity index (χ0v) is 10.6. The number of non-ortho nitro benzene ring substituents is 1. The fourth-order valence-electron chi connectivity index (χ4n) is 1.22. The van der Waals surface area contributed by atoms with Crippen molar-refractivity contribution in [3.8, 4) is 0 Å². The summed E-state index contributed by atoms with van der Waals surface area (Å²) in [7, 11) is 0. The van der Waals surface area contributed by atoms with Crippen LogP contribution in [-0.2, 0) is 4.79 Å². The number of hydrogen-bond donors (Lipinski definition) is 4. The average Bonchev–Trinajstić information content (AvgIpc) is 2.37. The van der Waals surface area contributed by atoms with Gasteiger partial charge in [-0.05, 0) is 6.07 Å². The van der Waals surface area contributed by atoms with Crippen molar-refractivity contribution in [1.82, 2.24) is 5.32 Å². The number of aliphatic carboxylic acids is 1. The van der Waals surface area contributed by atoms with Crippen molar-refractivity contribution >= 4 is 35.0 Å². The molecule has 0 spiro atoms. The van der Waals surface area contributed by atoms with Crippen LogP contribution in [0.5, 0.6) is 0 Å². The lowest BCUT2D eigenvalue weighted by atomic mass is 10.3. The highest BCUT2D eigenvalue weighted by Crippen LogP contribution is 2.26. The Hall–Kier alpha value is -2.39. The summed E-state index contributed by atoms with van der Waals surface area (Å²) in [6.45, 7) is -0.800. The van der Waals surface area contributed by atoms with Crippen LogP contribution in [0.15, 0.2) is 18.2 Å². The van der Waals surface area contributed by atoms with Crippen LogP contribution >= 0.6 is 11.6 Å². The fourth-order valence-corrected chi connectivity index (χ4v) is 1.39. The van der Waals surface area contributed by atoms with Gasteiger partial charge in [-0.2, -0.15) is 0 Å². The number of amides is 2. The van der Waals surface area contributed by atoms with E-state index in [0.717, 1.165) is 12.1 Å². The first-order valence-electron chi connectivity index (χ1n) is 5.20. The second kappa shape index (κ2) is 6.68. The van der Waals surface area contributed by atoms with Gasteiger partial charge in [0.1, 0.15) is 0 Å². The monoisotopic (exact) mass is 303 g/mol. The van der Waals surface area contributed by atoms with Crippen molar-refractivity contribution in [1.29, 1.82) is 0 Å². The van der Waals surface area contributed by atoms with Gasteiger partial charge in [0.25, 0.3) is 5.69 Å². The minimum atomic E-state index is -1.49. The summed E-state index contributed by atoms with van der Waals surface area (Å²) in [5.74, 6) is -1.42. The topological polar surface area (TPSA) is 142 Å². The Balaban J connectivity index is 2.82. The molecule has 0 aliphatic heterocycles. The SMILES string of the molecule is O=C(Nc1cc([N+](=O)[O-])ccc1Cl)N[C@@H](CO)C(=O)O. The zero-order chi connectivity index (χ0) is 15.3. The lowest BCUT2D eigenvalue weighted by Gasteiger charge is -2.13. The van der Waals surface area contributed by atoms with E-state index >= 15 is 0 Å². The largest absolute Gasteiger partial charge is 0.480 e. The zero-order valence-electron chi connectivity index (χ0n) is 9.87. The Morgan fingerprint density at radius 1 is 1.45 bits per heavy atom. The third-order valence-electron chi connectivity index (χ3n) is 2.19. The number of halogens is 1. The molecule has 0 aliphatic carbocycles. The lowest BCUT2D eigenvalue weighted by molar-refractivity contribution is -0.384. The van der Waals surface area contributed by atoms with Crippen molar-refractivity contribution in [3.05, 3.63) is 33.3 Å². The summed E-state index contributed by atoms with van der Waals surface area (Å²) < 4.78 is 0. The van der Waals surface area contributed by atoms with Crippen LogP contribution in [0.4, 0.5) is 16.2 Å². The van der Waals surface area contributed by atoms with Gasteiger partial charge in [-0.15, -0.1) is 0 Å². The van der Waals surface area contributed by atoms with Gasteiger partial charge in [0, 0.05) is 12.1 Å². The number of carbonyl (C=O) groups is 2. The molecule has 1 rings (SSSR count). The first kappa shape index (κ1) is 15.7. The molecule has 0 unspecified atom stereocenters. The Kier molecular flexibility index (Phi) is 5.23. The second-order valence-corrected chi connectivity index (χ2v) is 4.00. The van der Waals surface area contributed by atoms with E-state index < -0.39 is 29.6 Å². The number of carboxylic acids is 1. The highest BCUT2D eigenvalue weighted by Gasteiger charge is 2.19. The van der Waals surface area contributed by atoms with Gasteiger partial charge >= 0.3 is 12.0 Å². The maximum Gasteiger partial charge on any atom is 0.328 e. The van der Waals surface area contributed by atoms with E-state index in [9.17, 15) is 19.7 Å². The maximum atomic E-state index is 11.5. The number of carboxylic acid groups (broad SMARTS) is 1. The number of aliphatic hydroxyl groups is 1. The van der Waals surface area contributed by atoms with E-state index in [1.165, 1.54) is 6.07 Å². The van der Waals surface area contributed by atoms with Crippen LogP contribution in [0.25, 0.3) is 0 Å². The number of hydrogen-bond acceptors (Lipinski definition) is 5. The summed E-state index contributed by atoms with van der Waals surface area (Å²) in [4.78, 5) is 32.0. The van der Waals surface area contributed by atoms with Gasteiger partial charge in [0.15, 0.2) is 6.04 Å². The van der Waals surface area contributed by atoms with Crippen LogP contribution in [-0.4, -0.2) is 39.8 Å². The molecule has 20 heavy (non-hydrogen) atoms. The predicted octanol–water partition coefficient (Wildman–Crippen LogP) is 0.815. The molecular formula is C10H10ClN3O6. The molecule has 4 N–H and O–H groups in total. The molecule has 0 aromatic heterocycles. The van der Waals surface area contributed by atoms with Crippen molar-refractivity contribution in [3.63, 3.8) is 0 Å². The Bertz CT molecular complexity index is 550. The molecule has 1 aromatic carbocycles. The van der Waals surface area contributed by atoms with Crippen LogP contribution in [0.2, 0.25) is 5.02 Å². The first-order valence-corrected chi connectivity index (χ1v) is 5.58. The number of nitro groups is 1. The van der Waals surface area contributed by atoms with E-state index in [1.807, 2.05) is 5.32 Å². The maximum absolute atomic E-state index is 11.5. The number of nitrogens with one attached hydrogen (secondary N) is 2. The number of benzene rings is 1. The number of nitro benzene ring substituents is 1. The summed E-state index contributed by atoms with van der Waals surface area (Å²) in [6, 6.07) is 0.938. The van der Waals surface area contributed by atoms with Crippen LogP contribution in [0, 0.1) is 10.1 Å². The molecule has 0 saturated carbocycles. The van der Waals surface area contributed by atoms with Crippen molar-refractivity contribution in [2.24, 2.45) is 0 Å². The van der Waals surface area contributed by atoms with E-state index in [-0.39, 0.29) is 16.4 Å². The first-order chi connectivity index (χ1) is 9.35. The predicted molar refractivity (Wildman–Crippen MR) is 68.8 cm³/mol. The van der Waals surface area contributed by atoms with Crippen LogP contribution < -0.4 is 10.6 Å². The average molecular weight is 304 g/mol. The number of aliphatic hydroxyl groups excluding tert-OH is 1. The minimum Gasteiger partial charge on any atom is -0.480 e. The van der Waals surface area contributed by atoms with Crippen LogP contribution in [0.1, 0.15) is 0 Å². The van der Waals surface area contributed by atoms with Crippen molar-refractivity contribution in [2.45, 2.75) is 6.04 Å². The molecule has 2 amide bonds. The Morgan fingerprint density at radius 2 is 2.10 bits per heavy atom. The third-order valence-corrected chi connectivity index (χ3v) is 2.52. The second-order valence-electron chi connectivity index (χ2n) is 3.59. The number of urea groups is 1. The summed E-state index contributed by atoms with van der Waals surface area (Å²) in [5.41, 5.74) is -0.345. The van der Waals surface area contributed by atoms with Gasteiger partial charge in [-0.25, -0.2) is 9.59 Å². The molecule has 1 atom stereocenters. The van der Waals surface area contributed by atoms with Crippen LogP contribution in [0.3, 0.4) is 0 Å². The quantitative estimate of drug-likeness (QED) is 0.468. The third kappa shape index (κ3) is 4.07. The Morgan fingerprint density at radius 3 is 2.60 bits per heavy atom. The lowest BCUT2D eigenvalue weighted by Crippen LogP contribution is -2.45. The van der Waals surface area contributed by atoms with Gasteiger partial charge < -0.3 is 20.8 Å². The van der Waals surface area contributed by atoms with E-state index in [4.69, 9.17) is 21.8 Å². The summed E-state index contributed by atoms with van der Waals surface area (Å²) in [5, 5.41) is 32.1. The van der Waals surface area contributed by atoms with Gasteiger partial charge in [-0.1, -0.05) is 11.6 Å². The smallest absolute Gasteiger partial charge is 0.328 e. The standard InChI is InChI=1S/C10H10ClN3O6/c11-6-2-1-5(14(19)20)3-7(6)12-10(18)13-8(4-15)9(16)17/h1-3,8,15H,4H2,(H,16,17)(H2,12,13,18)/t8-/m0/s1. The van der Waals surface area contributed by atoms with Gasteiger partial charge in [-0.3, -0.25) is 10.1 Å². The number of rotatable bonds is 5. The van der Waals surface area contributed by atoms with E-state index in [1.54, 1.807) is 0 Å². The highest BCUT2D eigenvalue weighted by molar-refractivity contribution is 6.33. The molecule has 9 nitrogen and oxygen atoms in total. The minimum absolute atomic E-state index is 0.0432. The van der Waals surface area contributed by atoms with E-state index in [0.29, 0.717) is 0 Å². The fraction of sp³-hybridized carbons (Fsp3) is 0.200. The molecule has 0 bridgehead atoms. The van der Waals surface area contributed by atoms with E-state index in [2.05, 4.69) is 5.32 Å². The number of anilines is 1. The molecule has 10 heteroatoms. The molecule has 0 heterocycles. The van der Waals surface area contributed by atoms with Gasteiger partial charge in [0.05, 0.1) is 22.2 Å². The molecule has 108 valence electrons. The normalized spacial score (nSPS) is 11.5. The van der Waals surface area contributed by atoms with Gasteiger partial charge in [0.2, 0.25) is 0 Å². The molecule has 0 radical (unpaired) electrons. The molecule has 1 aromatic rings. The summed E-state index contributed by atoms with van der Waals surface area (Å²) in [6.07, 6.45) is 0. The number of carbonyl (C=O) groups excluding carboxylic acids is 1. The molecule has 0 fully saturated rings. The van der Waals surface area contributed by atoms with Crippen molar-refractivity contribution < 1.29 is 24.7 Å². The molecule has 0 saturated heterocycles. The number of nitrogens with zero attached hydrogens (tertiary/aromatic N) is 1. The summed E-state index contributed by atoms with van der Waals surface area (Å²) >= 11 is 5.75. The molecule has 0 aliphatic rings. The molecular weight excluding hydrogens is 294 g/mol. The highest BCUT2D eigenvalue weighted by atomic mass is 35.5. The Labute approximate surface area is 117 Å².